The van der Waals surface area contributed by atoms with Gasteiger partial charge in [0.1, 0.15) is 5.75 Å². The van der Waals surface area contributed by atoms with Gasteiger partial charge in [-0.1, -0.05) is 24.3 Å². The molecule has 0 aromatic heterocycles. The summed E-state index contributed by atoms with van der Waals surface area (Å²) in [7, 11) is 4.24. The number of carbonyl (C=O) groups excluding carboxylic acids is 3. The molecule has 36 heavy (non-hydrogen) atoms. The first-order valence-corrected chi connectivity index (χ1v) is 10.9. The lowest BCUT2D eigenvalue weighted by atomic mass is 9.92. The van der Waals surface area contributed by atoms with Crippen molar-refractivity contribution in [1.29, 1.82) is 0 Å². The Hall–Kier alpha value is -4.79. The largest absolute Gasteiger partial charge is 0.497 e. The smallest absolute Gasteiger partial charge is 0.343 e. The molecule has 1 aliphatic rings. The number of esters is 2. The van der Waals surface area contributed by atoms with Crippen LogP contribution in [-0.2, 0) is 9.53 Å². The number of benzene rings is 3. The van der Waals surface area contributed by atoms with Crippen molar-refractivity contribution in [2.45, 2.75) is 6.04 Å². The molecule has 1 atom stereocenters. The molecule has 0 spiro atoms. The van der Waals surface area contributed by atoms with Crippen LogP contribution in [0.5, 0.6) is 17.2 Å². The SMILES string of the molecule is COC(=O)C1=C(c2ccc(OC)cc2)NC(=O)NC1c1ccc(OC(=O)c2ccccc2)c(OC)c1. The zero-order chi connectivity index (χ0) is 25.7. The van der Waals surface area contributed by atoms with Crippen LogP contribution in [0.2, 0.25) is 0 Å². The molecule has 3 aromatic carbocycles. The van der Waals surface area contributed by atoms with Crippen LogP contribution in [-0.4, -0.2) is 39.3 Å². The average Bonchev–Trinajstić information content (AvgIpc) is 2.92. The minimum Gasteiger partial charge on any atom is -0.497 e. The van der Waals surface area contributed by atoms with Crippen LogP contribution in [0.25, 0.3) is 5.70 Å². The Kier molecular flexibility index (Phi) is 7.20. The van der Waals surface area contributed by atoms with E-state index in [1.54, 1.807) is 79.9 Å². The fourth-order valence-corrected chi connectivity index (χ4v) is 3.81. The third-order valence-corrected chi connectivity index (χ3v) is 5.59. The first-order valence-electron chi connectivity index (χ1n) is 10.9. The highest BCUT2D eigenvalue weighted by Crippen LogP contribution is 2.37. The molecular weight excluding hydrogens is 464 g/mol. The van der Waals surface area contributed by atoms with Gasteiger partial charge in [-0.3, -0.25) is 0 Å². The van der Waals surface area contributed by atoms with Gasteiger partial charge < -0.3 is 29.6 Å². The highest BCUT2D eigenvalue weighted by Gasteiger charge is 2.34. The van der Waals surface area contributed by atoms with E-state index in [0.29, 0.717) is 28.1 Å². The van der Waals surface area contributed by atoms with E-state index in [9.17, 15) is 14.4 Å². The summed E-state index contributed by atoms with van der Waals surface area (Å²) in [5.41, 5.74) is 1.99. The first-order chi connectivity index (χ1) is 17.4. The Labute approximate surface area is 207 Å². The monoisotopic (exact) mass is 488 g/mol. The summed E-state index contributed by atoms with van der Waals surface area (Å²) in [6, 6.07) is 18.9. The molecule has 1 aliphatic heterocycles. The number of amides is 2. The van der Waals surface area contributed by atoms with E-state index < -0.39 is 24.0 Å². The van der Waals surface area contributed by atoms with E-state index in [-0.39, 0.29) is 17.1 Å². The molecular formula is C27H24N2O7. The molecule has 4 rings (SSSR count). The number of rotatable bonds is 7. The molecule has 3 aromatic rings. The van der Waals surface area contributed by atoms with Crippen LogP contribution >= 0.6 is 0 Å². The number of hydrogen-bond acceptors (Lipinski definition) is 7. The fraction of sp³-hybridized carbons (Fsp3) is 0.148. The number of nitrogens with one attached hydrogen (secondary N) is 2. The van der Waals surface area contributed by atoms with E-state index in [1.807, 2.05) is 0 Å². The number of ether oxygens (including phenoxy) is 4. The summed E-state index contributed by atoms with van der Waals surface area (Å²) < 4.78 is 21.2. The number of hydrogen-bond donors (Lipinski definition) is 2. The highest BCUT2D eigenvalue weighted by atomic mass is 16.6. The van der Waals surface area contributed by atoms with Crippen molar-refractivity contribution in [3.05, 3.63) is 95.1 Å². The maximum atomic E-state index is 12.9. The van der Waals surface area contributed by atoms with Crippen molar-refractivity contribution in [1.82, 2.24) is 10.6 Å². The Bertz CT molecular complexity index is 1320. The Morgan fingerprint density at radius 3 is 2.17 bits per heavy atom. The normalized spacial score (nSPS) is 14.9. The molecule has 1 unspecified atom stereocenters. The minimum atomic E-state index is -0.865. The van der Waals surface area contributed by atoms with E-state index in [1.165, 1.54) is 14.2 Å². The molecule has 0 saturated carbocycles. The van der Waals surface area contributed by atoms with E-state index >= 15 is 0 Å². The average molecular weight is 488 g/mol. The lowest BCUT2D eigenvalue weighted by Gasteiger charge is -2.29. The summed E-state index contributed by atoms with van der Waals surface area (Å²) in [4.78, 5) is 38.0. The molecule has 0 fully saturated rings. The highest BCUT2D eigenvalue weighted by molar-refractivity contribution is 6.04. The van der Waals surface area contributed by atoms with Crippen LogP contribution in [0.1, 0.15) is 27.5 Å². The maximum absolute atomic E-state index is 12.9. The summed E-state index contributed by atoms with van der Waals surface area (Å²) in [6.07, 6.45) is 0. The van der Waals surface area contributed by atoms with Crippen LogP contribution in [0.3, 0.4) is 0 Å². The number of carbonyl (C=O) groups is 3. The van der Waals surface area contributed by atoms with E-state index in [2.05, 4.69) is 10.6 Å². The molecule has 0 radical (unpaired) electrons. The van der Waals surface area contributed by atoms with Crippen molar-refractivity contribution in [2.75, 3.05) is 21.3 Å². The minimum absolute atomic E-state index is 0.189. The number of urea groups is 1. The molecule has 0 saturated heterocycles. The van der Waals surface area contributed by atoms with Gasteiger partial charge in [-0.25, -0.2) is 14.4 Å². The van der Waals surface area contributed by atoms with E-state index in [4.69, 9.17) is 18.9 Å². The van der Waals surface area contributed by atoms with Crippen LogP contribution < -0.4 is 24.8 Å². The molecule has 0 bridgehead atoms. The molecule has 2 amide bonds. The quantitative estimate of drug-likeness (QED) is 0.384. The Balaban J connectivity index is 1.74. The summed E-state index contributed by atoms with van der Waals surface area (Å²) in [5, 5.41) is 5.47. The van der Waals surface area contributed by atoms with Crippen molar-refractivity contribution in [2.24, 2.45) is 0 Å². The molecule has 9 nitrogen and oxygen atoms in total. The summed E-state index contributed by atoms with van der Waals surface area (Å²) in [6.45, 7) is 0. The van der Waals surface area contributed by atoms with Crippen LogP contribution in [0.15, 0.2) is 78.4 Å². The lowest BCUT2D eigenvalue weighted by molar-refractivity contribution is -0.136. The predicted octanol–water partition coefficient (Wildman–Crippen LogP) is 3.86. The third-order valence-electron chi connectivity index (χ3n) is 5.59. The van der Waals surface area contributed by atoms with Crippen molar-refractivity contribution in [3.8, 4) is 17.2 Å². The Morgan fingerprint density at radius 2 is 1.53 bits per heavy atom. The van der Waals surface area contributed by atoms with Gasteiger partial charge in [0.2, 0.25) is 0 Å². The predicted molar refractivity (Wildman–Crippen MR) is 131 cm³/mol. The van der Waals surface area contributed by atoms with Gasteiger partial charge in [0.25, 0.3) is 0 Å². The van der Waals surface area contributed by atoms with Crippen molar-refractivity contribution < 1.29 is 33.3 Å². The molecule has 9 heteroatoms. The lowest BCUT2D eigenvalue weighted by Crippen LogP contribution is -2.45. The molecule has 184 valence electrons. The van der Waals surface area contributed by atoms with Gasteiger partial charge in [-0.15, -0.1) is 0 Å². The first kappa shape index (κ1) is 24.3. The van der Waals surface area contributed by atoms with Gasteiger partial charge in [-0.2, -0.15) is 0 Å². The maximum Gasteiger partial charge on any atom is 0.343 e. The van der Waals surface area contributed by atoms with Gasteiger partial charge >= 0.3 is 18.0 Å². The third kappa shape index (κ3) is 5.00. The van der Waals surface area contributed by atoms with Crippen molar-refractivity contribution in [3.63, 3.8) is 0 Å². The second-order valence-corrected chi connectivity index (χ2v) is 7.71. The molecule has 2 N–H and O–H groups in total. The van der Waals surface area contributed by atoms with Gasteiger partial charge in [-0.05, 0) is 59.7 Å². The summed E-state index contributed by atoms with van der Waals surface area (Å²) in [5.74, 6) is -0.110. The van der Waals surface area contributed by atoms with Crippen molar-refractivity contribution >= 4 is 23.7 Å². The Morgan fingerprint density at radius 1 is 0.806 bits per heavy atom. The number of methoxy groups -OCH3 is 3. The van der Waals surface area contributed by atoms with Crippen LogP contribution in [0, 0.1) is 0 Å². The van der Waals surface area contributed by atoms with Crippen LogP contribution in [0.4, 0.5) is 4.79 Å². The van der Waals surface area contributed by atoms with E-state index in [0.717, 1.165) is 0 Å². The summed E-state index contributed by atoms with van der Waals surface area (Å²) >= 11 is 0. The molecule has 0 aliphatic carbocycles. The van der Waals surface area contributed by atoms with Gasteiger partial charge in [0, 0.05) is 0 Å². The zero-order valence-corrected chi connectivity index (χ0v) is 19.9. The zero-order valence-electron chi connectivity index (χ0n) is 19.9. The molecule has 1 heterocycles. The second-order valence-electron chi connectivity index (χ2n) is 7.71. The van der Waals surface area contributed by atoms with Gasteiger partial charge in [0.05, 0.1) is 44.2 Å². The fourth-order valence-electron chi connectivity index (χ4n) is 3.81. The van der Waals surface area contributed by atoms with Gasteiger partial charge in [0.15, 0.2) is 11.5 Å². The second kappa shape index (κ2) is 10.6. The topological polar surface area (TPSA) is 112 Å². The standard InChI is InChI=1S/C27H24N2O7/c1-33-19-12-9-16(10-13-19)23-22(26(31)35-3)24(29-27(32)28-23)18-11-14-20(21(15-18)34-2)36-25(30)17-7-5-4-6-8-17/h4-15,24H,1-3H3,(H2,28,29,32).